The van der Waals surface area contributed by atoms with Gasteiger partial charge in [0.1, 0.15) is 0 Å². The molecule has 19 heavy (non-hydrogen) atoms. The Morgan fingerprint density at radius 1 is 1.32 bits per heavy atom. The van der Waals surface area contributed by atoms with Crippen LogP contribution >= 0.6 is 0 Å². The summed E-state index contributed by atoms with van der Waals surface area (Å²) in [7, 11) is 2.05. The summed E-state index contributed by atoms with van der Waals surface area (Å²) in [6.07, 6.45) is 4.68. The van der Waals surface area contributed by atoms with E-state index < -0.39 is 0 Å². The summed E-state index contributed by atoms with van der Waals surface area (Å²) in [5.74, 6) is 0. The highest BCUT2D eigenvalue weighted by atomic mass is 16.5. The van der Waals surface area contributed by atoms with Crippen molar-refractivity contribution < 1.29 is 4.74 Å². The minimum atomic E-state index is -0.0246. The SMILES string of the molecule is CNC(Cc1cc(C)ccc1C)C1(C)CCCCO1. The van der Waals surface area contributed by atoms with E-state index in [1.807, 2.05) is 0 Å². The summed E-state index contributed by atoms with van der Waals surface area (Å²) in [6, 6.07) is 7.10. The molecule has 2 nitrogen and oxygen atoms in total. The predicted octanol–water partition coefficient (Wildman–Crippen LogP) is 3.39. The van der Waals surface area contributed by atoms with Crippen molar-refractivity contribution in [3.63, 3.8) is 0 Å². The lowest BCUT2D eigenvalue weighted by molar-refractivity contribution is -0.0870. The van der Waals surface area contributed by atoms with E-state index >= 15 is 0 Å². The molecule has 0 amide bonds. The van der Waals surface area contributed by atoms with Crippen molar-refractivity contribution in [2.45, 2.75) is 58.1 Å². The molecule has 1 saturated heterocycles. The molecular formula is C17H27NO. The van der Waals surface area contributed by atoms with Gasteiger partial charge in [-0.05, 0) is 64.6 Å². The molecule has 2 unspecified atom stereocenters. The number of hydrogen-bond donors (Lipinski definition) is 1. The van der Waals surface area contributed by atoms with Gasteiger partial charge >= 0.3 is 0 Å². The number of aryl methyl sites for hydroxylation is 2. The van der Waals surface area contributed by atoms with Crippen LogP contribution in [0.1, 0.15) is 42.9 Å². The van der Waals surface area contributed by atoms with Crippen LogP contribution in [0.4, 0.5) is 0 Å². The van der Waals surface area contributed by atoms with Crippen LogP contribution in [-0.2, 0) is 11.2 Å². The lowest BCUT2D eigenvalue weighted by atomic mass is 9.84. The zero-order valence-corrected chi connectivity index (χ0v) is 12.8. The van der Waals surface area contributed by atoms with Gasteiger partial charge in [0.15, 0.2) is 0 Å². The zero-order chi connectivity index (χ0) is 13.9. The van der Waals surface area contributed by atoms with Crippen LogP contribution in [0.5, 0.6) is 0 Å². The van der Waals surface area contributed by atoms with E-state index in [9.17, 15) is 0 Å². The average molecular weight is 261 g/mol. The maximum absolute atomic E-state index is 6.10. The number of nitrogens with one attached hydrogen (secondary N) is 1. The van der Waals surface area contributed by atoms with Crippen LogP contribution in [0.25, 0.3) is 0 Å². The highest BCUT2D eigenvalue weighted by molar-refractivity contribution is 5.31. The van der Waals surface area contributed by atoms with Crippen molar-refractivity contribution in [1.82, 2.24) is 5.32 Å². The second-order valence-corrected chi connectivity index (χ2v) is 6.09. The number of hydrogen-bond acceptors (Lipinski definition) is 2. The van der Waals surface area contributed by atoms with Gasteiger partial charge in [0.25, 0.3) is 0 Å². The molecular weight excluding hydrogens is 234 g/mol. The van der Waals surface area contributed by atoms with Crippen molar-refractivity contribution in [1.29, 1.82) is 0 Å². The molecule has 2 atom stereocenters. The van der Waals surface area contributed by atoms with E-state index in [0.29, 0.717) is 6.04 Å². The van der Waals surface area contributed by atoms with E-state index in [0.717, 1.165) is 19.4 Å². The molecule has 1 heterocycles. The van der Waals surface area contributed by atoms with Crippen LogP contribution < -0.4 is 5.32 Å². The topological polar surface area (TPSA) is 21.3 Å². The first-order valence-corrected chi connectivity index (χ1v) is 7.42. The summed E-state index contributed by atoms with van der Waals surface area (Å²) in [5, 5.41) is 3.48. The highest BCUT2D eigenvalue weighted by Crippen LogP contribution is 2.30. The maximum atomic E-state index is 6.10. The fraction of sp³-hybridized carbons (Fsp3) is 0.647. The van der Waals surface area contributed by atoms with E-state index in [-0.39, 0.29) is 5.60 Å². The van der Waals surface area contributed by atoms with Crippen LogP contribution in [0.3, 0.4) is 0 Å². The summed E-state index contributed by atoms with van der Waals surface area (Å²) in [6.45, 7) is 7.53. The Balaban J connectivity index is 2.16. The number of benzene rings is 1. The monoisotopic (exact) mass is 261 g/mol. The van der Waals surface area contributed by atoms with Gasteiger partial charge in [0, 0.05) is 12.6 Å². The molecule has 106 valence electrons. The van der Waals surface area contributed by atoms with E-state index in [1.165, 1.54) is 29.5 Å². The Morgan fingerprint density at radius 2 is 2.11 bits per heavy atom. The van der Waals surface area contributed by atoms with Gasteiger partial charge in [0.05, 0.1) is 5.60 Å². The van der Waals surface area contributed by atoms with Crippen molar-refractivity contribution in [3.05, 3.63) is 34.9 Å². The molecule has 0 bridgehead atoms. The first kappa shape index (κ1) is 14.5. The molecule has 2 heteroatoms. The van der Waals surface area contributed by atoms with E-state index in [1.54, 1.807) is 0 Å². The van der Waals surface area contributed by atoms with Gasteiger partial charge in [-0.1, -0.05) is 23.8 Å². The van der Waals surface area contributed by atoms with Crippen LogP contribution in [0.15, 0.2) is 18.2 Å². The summed E-state index contributed by atoms with van der Waals surface area (Å²) >= 11 is 0. The normalized spacial score (nSPS) is 25.3. The van der Waals surface area contributed by atoms with Crippen molar-refractivity contribution in [2.75, 3.05) is 13.7 Å². The molecule has 1 aliphatic heterocycles. The third-order valence-corrected chi connectivity index (χ3v) is 4.51. The zero-order valence-electron chi connectivity index (χ0n) is 12.8. The predicted molar refractivity (Wildman–Crippen MR) is 80.7 cm³/mol. The van der Waals surface area contributed by atoms with E-state index in [4.69, 9.17) is 4.74 Å². The maximum Gasteiger partial charge on any atom is 0.0809 e. The highest BCUT2D eigenvalue weighted by Gasteiger charge is 2.36. The molecule has 0 aromatic heterocycles. The van der Waals surface area contributed by atoms with Crippen molar-refractivity contribution in [3.8, 4) is 0 Å². The van der Waals surface area contributed by atoms with Crippen LogP contribution in [0.2, 0.25) is 0 Å². The van der Waals surface area contributed by atoms with Gasteiger partial charge in [0.2, 0.25) is 0 Å². The van der Waals surface area contributed by atoms with Gasteiger partial charge in [-0.25, -0.2) is 0 Å². The fourth-order valence-electron chi connectivity index (χ4n) is 3.09. The smallest absolute Gasteiger partial charge is 0.0809 e. The molecule has 1 N–H and O–H groups in total. The van der Waals surface area contributed by atoms with Crippen molar-refractivity contribution >= 4 is 0 Å². The van der Waals surface area contributed by atoms with Gasteiger partial charge in [-0.15, -0.1) is 0 Å². The minimum Gasteiger partial charge on any atom is -0.374 e. The standard InChI is InChI=1S/C17H27NO/c1-13-7-8-14(2)15(11-13)12-16(18-4)17(3)9-5-6-10-19-17/h7-8,11,16,18H,5-6,9-10,12H2,1-4H3. The lowest BCUT2D eigenvalue weighted by Crippen LogP contribution is -2.52. The van der Waals surface area contributed by atoms with Gasteiger partial charge in [-0.2, -0.15) is 0 Å². The number of likely N-dealkylation sites (N-methyl/N-ethyl adjacent to an activating group) is 1. The number of ether oxygens (including phenoxy) is 1. The molecule has 0 saturated carbocycles. The molecule has 0 radical (unpaired) electrons. The molecule has 0 aliphatic carbocycles. The largest absolute Gasteiger partial charge is 0.374 e. The molecule has 0 spiro atoms. The first-order valence-electron chi connectivity index (χ1n) is 7.42. The summed E-state index contributed by atoms with van der Waals surface area (Å²) in [5.41, 5.74) is 4.13. The lowest BCUT2D eigenvalue weighted by Gasteiger charge is -2.41. The molecule has 1 fully saturated rings. The van der Waals surface area contributed by atoms with Crippen LogP contribution in [0, 0.1) is 13.8 Å². The average Bonchev–Trinajstić information content (AvgIpc) is 2.40. The van der Waals surface area contributed by atoms with Gasteiger partial charge < -0.3 is 10.1 Å². The molecule has 1 aromatic carbocycles. The Kier molecular flexibility index (Phi) is 4.64. The molecule has 1 aromatic rings. The quantitative estimate of drug-likeness (QED) is 0.897. The Labute approximate surface area is 117 Å². The molecule has 1 aliphatic rings. The third-order valence-electron chi connectivity index (χ3n) is 4.51. The second kappa shape index (κ2) is 6.06. The fourth-order valence-corrected chi connectivity index (χ4v) is 3.09. The third kappa shape index (κ3) is 3.37. The Hall–Kier alpha value is -0.860. The summed E-state index contributed by atoms with van der Waals surface area (Å²) in [4.78, 5) is 0. The molecule has 2 rings (SSSR count). The Bertz CT molecular complexity index is 421. The minimum absolute atomic E-state index is 0.0246. The Morgan fingerprint density at radius 3 is 2.74 bits per heavy atom. The van der Waals surface area contributed by atoms with Crippen molar-refractivity contribution in [2.24, 2.45) is 0 Å². The summed E-state index contributed by atoms with van der Waals surface area (Å²) < 4.78 is 6.10. The first-order chi connectivity index (χ1) is 9.05. The second-order valence-electron chi connectivity index (χ2n) is 6.09. The number of rotatable bonds is 4. The van der Waals surface area contributed by atoms with Gasteiger partial charge in [-0.3, -0.25) is 0 Å². The van der Waals surface area contributed by atoms with Crippen LogP contribution in [-0.4, -0.2) is 25.3 Å². The van der Waals surface area contributed by atoms with E-state index in [2.05, 4.69) is 51.3 Å².